The van der Waals surface area contributed by atoms with E-state index >= 15 is 0 Å². The third-order valence-electron chi connectivity index (χ3n) is 2.51. The lowest BCUT2D eigenvalue weighted by Crippen LogP contribution is -2.24. The van der Waals surface area contributed by atoms with Crippen LogP contribution in [0.4, 0.5) is 13.2 Å². The summed E-state index contributed by atoms with van der Waals surface area (Å²) in [7, 11) is 0. The number of aliphatic hydroxyl groups is 1. The molecule has 0 aliphatic rings. The van der Waals surface area contributed by atoms with Crippen LogP contribution in [0.2, 0.25) is 0 Å². The van der Waals surface area contributed by atoms with Crippen molar-refractivity contribution in [3.8, 4) is 5.75 Å². The zero-order valence-corrected chi connectivity index (χ0v) is 11.2. The van der Waals surface area contributed by atoms with E-state index < -0.39 is 23.0 Å². The standard InChI is InChI=1S/C13H18F3NO2/c1-4-5-6-19-9-7-10(13(14,15)16)11(17-8-9)12(2,3)18/h7-8,18H,4-6H2,1-3H3. The zero-order valence-electron chi connectivity index (χ0n) is 11.2. The third kappa shape index (κ3) is 4.38. The van der Waals surface area contributed by atoms with E-state index in [4.69, 9.17) is 4.74 Å². The molecule has 0 fully saturated rings. The van der Waals surface area contributed by atoms with Crippen LogP contribution < -0.4 is 4.74 Å². The van der Waals surface area contributed by atoms with Gasteiger partial charge in [-0.25, -0.2) is 0 Å². The molecule has 0 atom stereocenters. The van der Waals surface area contributed by atoms with Gasteiger partial charge in [0.05, 0.1) is 24.1 Å². The highest BCUT2D eigenvalue weighted by molar-refractivity contribution is 5.34. The molecule has 6 heteroatoms. The topological polar surface area (TPSA) is 42.4 Å². The SMILES string of the molecule is CCCCOc1cnc(C(C)(C)O)c(C(F)(F)F)c1. The fourth-order valence-corrected chi connectivity index (χ4v) is 1.56. The minimum Gasteiger partial charge on any atom is -0.492 e. The summed E-state index contributed by atoms with van der Waals surface area (Å²) in [6.07, 6.45) is -1.72. The molecule has 1 N–H and O–H groups in total. The molecule has 0 aliphatic carbocycles. The van der Waals surface area contributed by atoms with Gasteiger partial charge in [0.1, 0.15) is 11.4 Å². The first-order valence-electron chi connectivity index (χ1n) is 6.09. The first kappa shape index (κ1) is 15.8. The Morgan fingerprint density at radius 3 is 2.42 bits per heavy atom. The number of pyridine rings is 1. The van der Waals surface area contributed by atoms with Crippen LogP contribution in [0.1, 0.15) is 44.9 Å². The number of hydrogen-bond acceptors (Lipinski definition) is 3. The maximum Gasteiger partial charge on any atom is 0.418 e. The van der Waals surface area contributed by atoms with E-state index in [1.165, 1.54) is 20.0 Å². The predicted molar refractivity (Wildman–Crippen MR) is 64.9 cm³/mol. The monoisotopic (exact) mass is 277 g/mol. The Kier molecular flexibility index (Phi) is 4.79. The number of nitrogens with zero attached hydrogens (tertiary/aromatic N) is 1. The van der Waals surface area contributed by atoms with E-state index in [0.717, 1.165) is 18.9 Å². The van der Waals surface area contributed by atoms with Crippen molar-refractivity contribution in [1.82, 2.24) is 4.98 Å². The number of halogens is 3. The number of rotatable bonds is 5. The molecule has 108 valence electrons. The van der Waals surface area contributed by atoms with Gasteiger partial charge in [0.15, 0.2) is 0 Å². The van der Waals surface area contributed by atoms with Crippen LogP contribution in [-0.2, 0) is 11.8 Å². The van der Waals surface area contributed by atoms with Crippen molar-refractivity contribution in [2.24, 2.45) is 0 Å². The molecule has 0 aromatic carbocycles. The molecule has 0 unspecified atom stereocenters. The molecule has 1 aromatic heterocycles. The zero-order chi connectivity index (χ0) is 14.7. The molecule has 19 heavy (non-hydrogen) atoms. The molecule has 0 saturated carbocycles. The van der Waals surface area contributed by atoms with Crippen LogP contribution in [-0.4, -0.2) is 16.7 Å². The summed E-state index contributed by atoms with van der Waals surface area (Å²) < 4.78 is 44.0. The Morgan fingerprint density at radius 1 is 1.32 bits per heavy atom. The minimum absolute atomic E-state index is 0.0637. The van der Waals surface area contributed by atoms with Gasteiger partial charge in [-0.15, -0.1) is 0 Å². The minimum atomic E-state index is -4.58. The first-order valence-corrected chi connectivity index (χ1v) is 6.09. The maximum absolute atomic E-state index is 12.9. The quantitative estimate of drug-likeness (QED) is 0.837. The molecular weight excluding hydrogens is 259 g/mol. The summed E-state index contributed by atoms with van der Waals surface area (Å²) >= 11 is 0. The van der Waals surface area contributed by atoms with Crippen molar-refractivity contribution in [2.45, 2.75) is 45.4 Å². The van der Waals surface area contributed by atoms with Gasteiger partial charge in [-0.05, 0) is 26.3 Å². The van der Waals surface area contributed by atoms with Crippen LogP contribution in [0, 0.1) is 0 Å². The summed E-state index contributed by atoms with van der Waals surface area (Å²) in [5.74, 6) is 0.0637. The van der Waals surface area contributed by atoms with Gasteiger partial charge >= 0.3 is 6.18 Å². The van der Waals surface area contributed by atoms with Gasteiger partial charge in [0, 0.05) is 0 Å². The van der Waals surface area contributed by atoms with Crippen LogP contribution >= 0.6 is 0 Å². The lowest BCUT2D eigenvalue weighted by molar-refractivity contribution is -0.140. The molecular formula is C13H18F3NO2. The van der Waals surface area contributed by atoms with Gasteiger partial charge in [-0.2, -0.15) is 13.2 Å². The van der Waals surface area contributed by atoms with E-state index in [0.29, 0.717) is 6.61 Å². The average Bonchev–Trinajstić information content (AvgIpc) is 2.26. The maximum atomic E-state index is 12.9. The van der Waals surface area contributed by atoms with Gasteiger partial charge in [-0.1, -0.05) is 13.3 Å². The largest absolute Gasteiger partial charge is 0.492 e. The smallest absolute Gasteiger partial charge is 0.418 e. The van der Waals surface area contributed by atoms with Crippen LogP contribution in [0.15, 0.2) is 12.3 Å². The molecule has 1 rings (SSSR count). The van der Waals surface area contributed by atoms with Crippen molar-refractivity contribution >= 4 is 0 Å². The Balaban J connectivity index is 3.10. The van der Waals surface area contributed by atoms with E-state index in [1.54, 1.807) is 0 Å². The molecule has 0 radical (unpaired) electrons. The van der Waals surface area contributed by atoms with Gasteiger partial charge in [0.2, 0.25) is 0 Å². The second kappa shape index (κ2) is 5.77. The molecule has 1 aromatic rings. The summed E-state index contributed by atoms with van der Waals surface area (Å²) in [4.78, 5) is 3.70. The van der Waals surface area contributed by atoms with Crippen LogP contribution in [0.25, 0.3) is 0 Å². The van der Waals surface area contributed by atoms with Crippen LogP contribution in [0.5, 0.6) is 5.75 Å². The fraction of sp³-hybridized carbons (Fsp3) is 0.615. The van der Waals surface area contributed by atoms with Crippen LogP contribution in [0.3, 0.4) is 0 Å². The predicted octanol–water partition coefficient (Wildman–Crippen LogP) is 3.51. The highest BCUT2D eigenvalue weighted by atomic mass is 19.4. The Hall–Kier alpha value is -1.30. The molecule has 1 heterocycles. The number of hydrogen-bond donors (Lipinski definition) is 1. The van der Waals surface area contributed by atoms with E-state index in [-0.39, 0.29) is 5.75 Å². The van der Waals surface area contributed by atoms with E-state index in [9.17, 15) is 18.3 Å². The van der Waals surface area contributed by atoms with Crippen molar-refractivity contribution in [1.29, 1.82) is 0 Å². The Bertz CT molecular complexity index is 425. The van der Waals surface area contributed by atoms with Gasteiger partial charge in [0.25, 0.3) is 0 Å². The average molecular weight is 277 g/mol. The third-order valence-corrected chi connectivity index (χ3v) is 2.51. The summed E-state index contributed by atoms with van der Waals surface area (Å²) in [6, 6.07) is 0.885. The molecule has 0 spiro atoms. The number of alkyl halides is 3. The summed E-state index contributed by atoms with van der Waals surface area (Å²) in [5, 5.41) is 9.73. The Morgan fingerprint density at radius 2 is 1.95 bits per heavy atom. The molecule has 3 nitrogen and oxygen atoms in total. The van der Waals surface area contributed by atoms with E-state index in [1.807, 2.05) is 6.92 Å². The van der Waals surface area contributed by atoms with Crippen molar-refractivity contribution in [2.75, 3.05) is 6.61 Å². The highest BCUT2D eigenvalue weighted by Crippen LogP contribution is 2.37. The molecule has 0 aliphatic heterocycles. The second-order valence-corrected chi connectivity index (χ2v) is 4.83. The second-order valence-electron chi connectivity index (χ2n) is 4.83. The molecule has 0 saturated heterocycles. The van der Waals surface area contributed by atoms with Gasteiger partial charge in [-0.3, -0.25) is 4.98 Å². The van der Waals surface area contributed by atoms with Crippen molar-refractivity contribution < 1.29 is 23.0 Å². The Labute approximate surface area is 110 Å². The fourth-order valence-electron chi connectivity index (χ4n) is 1.56. The van der Waals surface area contributed by atoms with E-state index in [2.05, 4.69) is 4.98 Å². The molecule has 0 bridgehead atoms. The number of aromatic nitrogens is 1. The first-order chi connectivity index (χ1) is 8.66. The summed E-state index contributed by atoms with van der Waals surface area (Å²) in [6.45, 7) is 4.84. The number of unbranched alkanes of at least 4 members (excludes halogenated alkanes) is 1. The summed E-state index contributed by atoms with van der Waals surface area (Å²) in [5.41, 5.74) is -3.02. The lowest BCUT2D eigenvalue weighted by Gasteiger charge is -2.22. The highest BCUT2D eigenvalue weighted by Gasteiger charge is 2.38. The number of ether oxygens (including phenoxy) is 1. The van der Waals surface area contributed by atoms with Crippen molar-refractivity contribution in [3.05, 3.63) is 23.5 Å². The normalized spacial score (nSPS) is 12.6. The van der Waals surface area contributed by atoms with Gasteiger partial charge < -0.3 is 9.84 Å². The lowest BCUT2D eigenvalue weighted by atomic mass is 9.99. The van der Waals surface area contributed by atoms with Crippen molar-refractivity contribution in [3.63, 3.8) is 0 Å². The molecule has 0 amide bonds.